The summed E-state index contributed by atoms with van der Waals surface area (Å²) >= 11 is 0. The SMILES string of the molecule is CC(C)(C)OC(=O)N[C@H]1CCN(C(N)=NOC(=O)c2ccccc2)C1. The molecule has 1 saturated heterocycles. The quantitative estimate of drug-likeness (QED) is 0.372. The largest absolute Gasteiger partial charge is 0.444 e. The highest BCUT2D eigenvalue weighted by Gasteiger charge is 2.27. The summed E-state index contributed by atoms with van der Waals surface area (Å²) in [7, 11) is 0. The lowest BCUT2D eigenvalue weighted by Crippen LogP contribution is -2.42. The predicted octanol–water partition coefficient (Wildman–Crippen LogP) is 1.67. The van der Waals surface area contributed by atoms with E-state index in [1.54, 1.807) is 56.0 Å². The number of guanidine groups is 1. The first kappa shape index (κ1) is 18.6. The van der Waals surface area contributed by atoms with Gasteiger partial charge in [-0.3, -0.25) is 0 Å². The molecule has 8 nitrogen and oxygen atoms in total. The lowest BCUT2D eigenvalue weighted by atomic mass is 10.2. The summed E-state index contributed by atoms with van der Waals surface area (Å²) in [6, 6.07) is 8.42. The molecule has 0 bridgehead atoms. The number of benzene rings is 1. The Morgan fingerprint density at radius 2 is 1.96 bits per heavy atom. The number of amides is 1. The van der Waals surface area contributed by atoms with Gasteiger partial charge < -0.3 is 25.5 Å². The fourth-order valence-corrected chi connectivity index (χ4v) is 2.33. The standard InChI is InChI=1S/C17H24N4O4/c1-17(2,3)24-16(23)19-13-9-10-21(11-13)15(18)20-25-14(22)12-7-5-4-6-8-12/h4-8,13H,9-11H2,1-3H3,(H2,18,20)(H,19,23)/t13-/m0/s1. The van der Waals surface area contributed by atoms with Crippen LogP contribution in [-0.4, -0.2) is 47.7 Å². The van der Waals surface area contributed by atoms with E-state index in [4.69, 9.17) is 15.3 Å². The average molecular weight is 348 g/mol. The van der Waals surface area contributed by atoms with Crippen LogP contribution < -0.4 is 11.1 Å². The van der Waals surface area contributed by atoms with E-state index in [0.717, 1.165) is 0 Å². The monoisotopic (exact) mass is 348 g/mol. The van der Waals surface area contributed by atoms with Gasteiger partial charge in [-0.25, -0.2) is 9.59 Å². The Labute approximate surface area is 146 Å². The van der Waals surface area contributed by atoms with Crippen molar-refractivity contribution in [1.29, 1.82) is 0 Å². The summed E-state index contributed by atoms with van der Waals surface area (Å²) in [5.41, 5.74) is 5.70. The van der Waals surface area contributed by atoms with Crippen LogP contribution in [0.15, 0.2) is 35.5 Å². The van der Waals surface area contributed by atoms with Crippen LogP contribution in [0.2, 0.25) is 0 Å². The van der Waals surface area contributed by atoms with E-state index in [-0.39, 0.29) is 12.0 Å². The van der Waals surface area contributed by atoms with Gasteiger partial charge in [0.2, 0.25) is 5.96 Å². The molecule has 2 rings (SSSR count). The maximum Gasteiger partial charge on any atom is 0.407 e. The van der Waals surface area contributed by atoms with Crippen molar-refractivity contribution in [3.05, 3.63) is 35.9 Å². The van der Waals surface area contributed by atoms with E-state index in [2.05, 4.69) is 10.5 Å². The number of hydrogen-bond acceptors (Lipinski definition) is 5. The number of oxime groups is 1. The van der Waals surface area contributed by atoms with Gasteiger partial charge in [-0.1, -0.05) is 18.2 Å². The van der Waals surface area contributed by atoms with Crippen molar-refractivity contribution >= 4 is 18.0 Å². The molecule has 1 atom stereocenters. The van der Waals surface area contributed by atoms with Crippen LogP contribution in [0.4, 0.5) is 4.79 Å². The summed E-state index contributed by atoms with van der Waals surface area (Å²) in [4.78, 5) is 30.2. The Morgan fingerprint density at radius 3 is 2.60 bits per heavy atom. The van der Waals surface area contributed by atoms with Crippen LogP contribution in [0.3, 0.4) is 0 Å². The van der Waals surface area contributed by atoms with Crippen molar-refractivity contribution in [3.63, 3.8) is 0 Å². The van der Waals surface area contributed by atoms with E-state index in [1.807, 2.05) is 0 Å². The molecule has 0 saturated carbocycles. The first-order valence-electron chi connectivity index (χ1n) is 8.09. The zero-order valence-electron chi connectivity index (χ0n) is 14.7. The van der Waals surface area contributed by atoms with Gasteiger partial charge in [-0.2, -0.15) is 0 Å². The highest BCUT2D eigenvalue weighted by Crippen LogP contribution is 2.12. The van der Waals surface area contributed by atoms with Crippen molar-refractivity contribution < 1.29 is 19.2 Å². The lowest BCUT2D eigenvalue weighted by molar-refractivity contribution is 0.0503. The first-order valence-corrected chi connectivity index (χ1v) is 8.09. The Hall–Kier alpha value is -2.77. The number of alkyl carbamates (subject to hydrolysis) is 1. The van der Waals surface area contributed by atoms with Gasteiger partial charge in [0.15, 0.2) is 0 Å². The molecule has 3 N–H and O–H groups in total. The number of nitrogens with one attached hydrogen (secondary N) is 1. The first-order chi connectivity index (χ1) is 11.7. The van der Waals surface area contributed by atoms with Gasteiger partial charge in [0.1, 0.15) is 5.60 Å². The molecule has 1 aliphatic rings. The number of nitrogens with zero attached hydrogens (tertiary/aromatic N) is 2. The molecule has 0 radical (unpaired) electrons. The molecule has 0 unspecified atom stereocenters. The Bertz CT molecular complexity index is 640. The summed E-state index contributed by atoms with van der Waals surface area (Å²) in [6.07, 6.45) is 0.229. The van der Waals surface area contributed by atoms with E-state index < -0.39 is 17.7 Å². The molecule has 136 valence electrons. The van der Waals surface area contributed by atoms with E-state index in [0.29, 0.717) is 25.1 Å². The van der Waals surface area contributed by atoms with Gasteiger partial charge in [-0.15, -0.1) is 0 Å². The Balaban J connectivity index is 1.82. The summed E-state index contributed by atoms with van der Waals surface area (Å²) in [5.74, 6) is -0.482. The zero-order valence-corrected chi connectivity index (χ0v) is 14.7. The molecule has 25 heavy (non-hydrogen) atoms. The molecule has 8 heteroatoms. The number of nitrogens with two attached hydrogens (primary N) is 1. The normalized spacial score (nSPS) is 18.0. The number of carbonyl (C=O) groups excluding carboxylic acids is 2. The minimum Gasteiger partial charge on any atom is -0.444 e. The second kappa shape index (κ2) is 7.87. The Morgan fingerprint density at radius 1 is 1.28 bits per heavy atom. The number of ether oxygens (including phenoxy) is 1. The Kier molecular flexibility index (Phi) is 5.84. The van der Waals surface area contributed by atoms with Gasteiger partial charge in [0.25, 0.3) is 0 Å². The van der Waals surface area contributed by atoms with Gasteiger partial charge in [0.05, 0.1) is 11.6 Å². The molecule has 1 amide bonds. The highest BCUT2D eigenvalue weighted by atomic mass is 16.7. The lowest BCUT2D eigenvalue weighted by Gasteiger charge is -2.22. The highest BCUT2D eigenvalue weighted by molar-refractivity contribution is 5.90. The third kappa shape index (κ3) is 5.98. The van der Waals surface area contributed by atoms with Crippen LogP contribution in [0.25, 0.3) is 0 Å². The molecule has 1 heterocycles. The van der Waals surface area contributed by atoms with Gasteiger partial charge >= 0.3 is 12.1 Å². The van der Waals surface area contributed by atoms with Crippen molar-refractivity contribution in [1.82, 2.24) is 10.2 Å². The van der Waals surface area contributed by atoms with Crippen LogP contribution >= 0.6 is 0 Å². The number of rotatable bonds is 3. The minimum absolute atomic E-state index is 0.0952. The van der Waals surface area contributed by atoms with Gasteiger partial charge in [-0.05, 0) is 44.5 Å². The zero-order chi connectivity index (χ0) is 18.4. The number of hydrogen-bond donors (Lipinski definition) is 2. The van der Waals surface area contributed by atoms with E-state index in [9.17, 15) is 9.59 Å². The van der Waals surface area contributed by atoms with Crippen LogP contribution in [0.1, 0.15) is 37.6 Å². The summed E-state index contributed by atoms with van der Waals surface area (Å²) in [6.45, 7) is 6.48. The van der Waals surface area contributed by atoms with Crippen molar-refractivity contribution in [2.75, 3.05) is 13.1 Å². The third-order valence-corrected chi connectivity index (χ3v) is 3.46. The molecule has 0 aromatic heterocycles. The molecule has 1 aromatic rings. The fraction of sp³-hybridized carbons (Fsp3) is 0.471. The molecule has 1 aromatic carbocycles. The maximum absolute atomic E-state index is 11.8. The molecule has 0 aliphatic carbocycles. The maximum atomic E-state index is 11.8. The molecule has 0 spiro atoms. The minimum atomic E-state index is -0.578. The third-order valence-electron chi connectivity index (χ3n) is 3.46. The second-order valence-corrected chi connectivity index (χ2v) is 6.77. The summed E-state index contributed by atoms with van der Waals surface area (Å²) in [5, 5.41) is 6.47. The van der Waals surface area contributed by atoms with Crippen molar-refractivity contribution in [3.8, 4) is 0 Å². The predicted molar refractivity (Wildman–Crippen MR) is 92.8 cm³/mol. The fourth-order valence-electron chi connectivity index (χ4n) is 2.33. The molecule has 1 fully saturated rings. The number of likely N-dealkylation sites (tertiary alicyclic amines) is 1. The van der Waals surface area contributed by atoms with Crippen molar-refractivity contribution in [2.24, 2.45) is 10.9 Å². The molecular formula is C17H24N4O4. The average Bonchev–Trinajstić information content (AvgIpc) is 2.99. The topological polar surface area (TPSA) is 106 Å². The van der Waals surface area contributed by atoms with Gasteiger partial charge in [0, 0.05) is 13.1 Å². The summed E-state index contributed by atoms with van der Waals surface area (Å²) < 4.78 is 5.22. The van der Waals surface area contributed by atoms with Crippen LogP contribution in [0, 0.1) is 0 Å². The van der Waals surface area contributed by atoms with E-state index >= 15 is 0 Å². The van der Waals surface area contributed by atoms with Crippen LogP contribution in [0.5, 0.6) is 0 Å². The number of carbonyl (C=O) groups is 2. The van der Waals surface area contributed by atoms with Crippen LogP contribution in [-0.2, 0) is 9.57 Å². The molecule has 1 aliphatic heterocycles. The van der Waals surface area contributed by atoms with E-state index in [1.165, 1.54) is 0 Å². The van der Waals surface area contributed by atoms with Crippen molar-refractivity contribution in [2.45, 2.75) is 38.8 Å². The second-order valence-electron chi connectivity index (χ2n) is 6.77. The molecular weight excluding hydrogens is 324 g/mol. The smallest absolute Gasteiger partial charge is 0.407 e.